The number of rotatable bonds is 3. The molecule has 0 bridgehead atoms. The maximum atomic E-state index is 12.8. The lowest BCUT2D eigenvalue weighted by molar-refractivity contribution is -0.138. The van der Waals surface area contributed by atoms with Crippen molar-refractivity contribution in [3.05, 3.63) is 11.6 Å². The van der Waals surface area contributed by atoms with E-state index in [2.05, 4.69) is 10.3 Å². The molecule has 1 aromatic rings. The van der Waals surface area contributed by atoms with Gasteiger partial charge in [0.1, 0.15) is 0 Å². The molecule has 0 saturated carbocycles. The number of piperidine rings is 1. The number of hydrogen-bond donors (Lipinski definition) is 1. The molecular weight excluding hydrogens is 352 g/mol. The maximum absolute atomic E-state index is 12.8. The summed E-state index contributed by atoms with van der Waals surface area (Å²) in [7, 11) is 0. The molecule has 2 saturated heterocycles. The first-order valence-electron chi connectivity index (χ1n) is 9.05. The minimum atomic E-state index is -0.262. The number of thiazole rings is 1. The van der Waals surface area contributed by atoms with Crippen LogP contribution in [0.25, 0.3) is 0 Å². The molecule has 8 heteroatoms. The van der Waals surface area contributed by atoms with Gasteiger partial charge in [-0.2, -0.15) is 0 Å². The Balaban J connectivity index is 1.51. The third-order valence-corrected chi connectivity index (χ3v) is 5.81. The fourth-order valence-corrected chi connectivity index (χ4v) is 4.17. The second-order valence-corrected chi connectivity index (χ2v) is 8.90. The van der Waals surface area contributed by atoms with E-state index in [-0.39, 0.29) is 35.1 Å². The van der Waals surface area contributed by atoms with Gasteiger partial charge in [-0.3, -0.25) is 14.4 Å². The third-order valence-electron chi connectivity index (χ3n) is 5.12. The predicted octanol–water partition coefficient (Wildman–Crippen LogP) is 1.97. The number of nitrogens with zero attached hydrogens (tertiary/aromatic N) is 3. The van der Waals surface area contributed by atoms with Gasteiger partial charge in [0.25, 0.3) is 0 Å². The normalized spacial score (nSPS) is 22.0. The number of likely N-dealkylation sites (tertiary alicyclic amines) is 2. The Morgan fingerprint density at radius 2 is 1.92 bits per heavy atom. The lowest BCUT2D eigenvalue weighted by atomic mass is 9.94. The predicted molar refractivity (Wildman–Crippen MR) is 99.6 cm³/mol. The summed E-state index contributed by atoms with van der Waals surface area (Å²) in [6.07, 6.45) is 3.24. The molecule has 0 aliphatic carbocycles. The Morgan fingerprint density at radius 1 is 1.23 bits per heavy atom. The minimum Gasteiger partial charge on any atom is -0.342 e. The molecule has 1 unspecified atom stereocenters. The second kappa shape index (κ2) is 7.34. The van der Waals surface area contributed by atoms with E-state index in [1.54, 1.807) is 11.1 Å². The van der Waals surface area contributed by atoms with Crippen molar-refractivity contribution >= 4 is 34.2 Å². The van der Waals surface area contributed by atoms with Gasteiger partial charge < -0.3 is 15.1 Å². The summed E-state index contributed by atoms with van der Waals surface area (Å²) in [5, 5.41) is 5.26. The van der Waals surface area contributed by atoms with Crippen molar-refractivity contribution in [1.82, 2.24) is 14.8 Å². The standard InChI is InChI=1S/C18H26N4O3S/c1-18(2,3)22-11-13(10-14(22)23)16(25)21-7-4-12(5-8-21)15(24)20-17-19-6-9-26-17/h6,9,12-13H,4-5,7-8,10-11H2,1-3H3,(H,19,20,24). The molecule has 3 amide bonds. The molecule has 3 rings (SSSR count). The number of carbonyl (C=O) groups is 3. The molecule has 0 radical (unpaired) electrons. The van der Waals surface area contributed by atoms with Crippen LogP contribution in [-0.4, -0.2) is 57.7 Å². The molecular formula is C18H26N4O3S. The van der Waals surface area contributed by atoms with Crippen LogP contribution >= 0.6 is 11.3 Å². The molecule has 3 heterocycles. The molecule has 1 aromatic heterocycles. The van der Waals surface area contributed by atoms with Crippen molar-refractivity contribution in [2.24, 2.45) is 11.8 Å². The van der Waals surface area contributed by atoms with Crippen molar-refractivity contribution in [2.75, 3.05) is 25.0 Å². The quantitative estimate of drug-likeness (QED) is 0.872. The summed E-state index contributed by atoms with van der Waals surface area (Å²) < 4.78 is 0. The zero-order chi connectivity index (χ0) is 18.9. The highest BCUT2D eigenvalue weighted by atomic mass is 32.1. The number of anilines is 1. The first-order chi connectivity index (χ1) is 12.3. The highest BCUT2D eigenvalue weighted by Gasteiger charge is 2.41. The van der Waals surface area contributed by atoms with E-state index in [0.717, 1.165) is 0 Å². The average Bonchev–Trinajstić information content (AvgIpc) is 3.23. The Kier molecular flexibility index (Phi) is 5.32. The average molecular weight is 378 g/mol. The van der Waals surface area contributed by atoms with Gasteiger partial charge in [0, 0.05) is 49.1 Å². The van der Waals surface area contributed by atoms with E-state index < -0.39 is 0 Å². The zero-order valence-electron chi connectivity index (χ0n) is 15.5. The van der Waals surface area contributed by atoms with Gasteiger partial charge in [0.15, 0.2) is 5.13 Å². The van der Waals surface area contributed by atoms with Crippen molar-refractivity contribution in [3.8, 4) is 0 Å². The summed E-state index contributed by atoms with van der Waals surface area (Å²) in [4.78, 5) is 45.0. The monoisotopic (exact) mass is 378 g/mol. The fraction of sp³-hybridized carbons (Fsp3) is 0.667. The van der Waals surface area contributed by atoms with E-state index in [1.807, 2.05) is 31.1 Å². The Labute approximate surface area is 157 Å². The van der Waals surface area contributed by atoms with E-state index in [0.29, 0.717) is 44.0 Å². The molecule has 0 spiro atoms. The summed E-state index contributed by atoms with van der Waals surface area (Å²) in [5.74, 6) is -0.291. The number of amides is 3. The van der Waals surface area contributed by atoms with E-state index in [4.69, 9.17) is 0 Å². The van der Waals surface area contributed by atoms with Crippen molar-refractivity contribution < 1.29 is 14.4 Å². The number of aromatic nitrogens is 1. The van der Waals surface area contributed by atoms with E-state index in [1.165, 1.54) is 11.3 Å². The molecule has 1 N–H and O–H groups in total. The molecule has 2 aliphatic heterocycles. The summed E-state index contributed by atoms with van der Waals surface area (Å²) in [6, 6.07) is 0. The summed E-state index contributed by atoms with van der Waals surface area (Å²) >= 11 is 1.40. The zero-order valence-corrected chi connectivity index (χ0v) is 16.3. The first-order valence-corrected chi connectivity index (χ1v) is 9.93. The van der Waals surface area contributed by atoms with Crippen LogP contribution in [0.1, 0.15) is 40.0 Å². The molecule has 2 aliphatic rings. The highest BCUT2D eigenvalue weighted by molar-refractivity contribution is 7.13. The lowest BCUT2D eigenvalue weighted by Gasteiger charge is -2.34. The van der Waals surface area contributed by atoms with Gasteiger partial charge >= 0.3 is 0 Å². The third kappa shape index (κ3) is 4.06. The van der Waals surface area contributed by atoms with Gasteiger partial charge in [-0.05, 0) is 33.6 Å². The molecule has 2 fully saturated rings. The molecule has 7 nitrogen and oxygen atoms in total. The van der Waals surface area contributed by atoms with E-state index in [9.17, 15) is 14.4 Å². The van der Waals surface area contributed by atoms with Crippen LogP contribution in [0.3, 0.4) is 0 Å². The van der Waals surface area contributed by atoms with Crippen LogP contribution in [0, 0.1) is 11.8 Å². The van der Waals surface area contributed by atoms with Crippen LogP contribution in [0.5, 0.6) is 0 Å². The molecule has 26 heavy (non-hydrogen) atoms. The largest absolute Gasteiger partial charge is 0.342 e. The van der Waals surface area contributed by atoms with Gasteiger partial charge in [0.05, 0.1) is 5.92 Å². The fourth-order valence-electron chi connectivity index (χ4n) is 3.63. The van der Waals surface area contributed by atoms with Gasteiger partial charge in [-0.15, -0.1) is 11.3 Å². The molecule has 0 aromatic carbocycles. The molecule has 1 atom stereocenters. The SMILES string of the molecule is CC(C)(C)N1CC(C(=O)N2CCC(C(=O)Nc3nccs3)CC2)CC1=O. The van der Waals surface area contributed by atoms with Gasteiger partial charge in [-0.25, -0.2) is 4.98 Å². The van der Waals surface area contributed by atoms with Crippen LogP contribution < -0.4 is 5.32 Å². The minimum absolute atomic E-state index is 0.0259. The van der Waals surface area contributed by atoms with Gasteiger partial charge in [-0.1, -0.05) is 0 Å². The highest BCUT2D eigenvalue weighted by Crippen LogP contribution is 2.29. The van der Waals surface area contributed by atoms with Crippen LogP contribution in [0.2, 0.25) is 0 Å². The Hall–Kier alpha value is -1.96. The van der Waals surface area contributed by atoms with Crippen LogP contribution in [0.15, 0.2) is 11.6 Å². The smallest absolute Gasteiger partial charge is 0.229 e. The Bertz CT molecular complexity index is 675. The lowest BCUT2D eigenvalue weighted by Crippen LogP contribution is -2.46. The Morgan fingerprint density at radius 3 is 2.46 bits per heavy atom. The molecule has 142 valence electrons. The van der Waals surface area contributed by atoms with Crippen LogP contribution in [-0.2, 0) is 14.4 Å². The number of nitrogens with one attached hydrogen (secondary N) is 1. The van der Waals surface area contributed by atoms with E-state index >= 15 is 0 Å². The number of carbonyl (C=O) groups excluding carboxylic acids is 3. The second-order valence-electron chi connectivity index (χ2n) is 8.00. The van der Waals surface area contributed by atoms with Crippen molar-refractivity contribution in [2.45, 2.75) is 45.6 Å². The van der Waals surface area contributed by atoms with Crippen molar-refractivity contribution in [3.63, 3.8) is 0 Å². The maximum Gasteiger partial charge on any atom is 0.229 e. The van der Waals surface area contributed by atoms with Gasteiger partial charge in [0.2, 0.25) is 17.7 Å². The summed E-state index contributed by atoms with van der Waals surface area (Å²) in [6.45, 7) is 7.59. The van der Waals surface area contributed by atoms with Crippen molar-refractivity contribution in [1.29, 1.82) is 0 Å². The topological polar surface area (TPSA) is 82.6 Å². The first kappa shape index (κ1) is 18.8. The summed E-state index contributed by atoms with van der Waals surface area (Å²) in [5.41, 5.74) is -0.257. The number of hydrogen-bond acceptors (Lipinski definition) is 5. The van der Waals surface area contributed by atoms with Crippen LogP contribution in [0.4, 0.5) is 5.13 Å².